The molecule has 2 aromatic carbocycles. The summed E-state index contributed by atoms with van der Waals surface area (Å²) in [6.45, 7) is 0. The number of hydrogen-bond donors (Lipinski definition) is 1. The van der Waals surface area contributed by atoms with Crippen LogP contribution in [0.4, 0.5) is 4.39 Å². The second kappa shape index (κ2) is 6.08. The van der Waals surface area contributed by atoms with Gasteiger partial charge in [0.25, 0.3) is 0 Å². The van der Waals surface area contributed by atoms with Crippen molar-refractivity contribution in [3.8, 4) is 11.4 Å². The fraction of sp³-hybridized carbons (Fsp3) is 0.0625. The maximum Gasteiger partial charge on any atom is 0.226 e. The Hall–Kier alpha value is -2.52. The lowest BCUT2D eigenvalue weighted by molar-refractivity contribution is 0.579. The molecule has 0 saturated carbocycles. The number of aromatic amines is 1. The fourth-order valence-corrected chi connectivity index (χ4v) is 4.89. The van der Waals surface area contributed by atoms with Crippen molar-refractivity contribution in [1.82, 2.24) is 9.97 Å². The minimum Gasteiger partial charge on any atom is -0.328 e. The number of halogens is 1. The van der Waals surface area contributed by atoms with Crippen molar-refractivity contribution in [2.24, 2.45) is 0 Å². The number of benzene rings is 2. The Bertz CT molecular complexity index is 1120. The average molecular weight is 380 g/mol. The molecular formula is C16H13FN2O4S2. The molecule has 3 rings (SSSR count). The molecule has 0 aliphatic carbocycles. The van der Waals surface area contributed by atoms with Gasteiger partial charge in [-0.2, -0.15) is 0 Å². The van der Waals surface area contributed by atoms with Crippen LogP contribution in [0.5, 0.6) is 0 Å². The Morgan fingerprint density at radius 3 is 2.08 bits per heavy atom. The molecule has 0 atom stereocenters. The zero-order chi connectivity index (χ0) is 18.2. The van der Waals surface area contributed by atoms with Gasteiger partial charge in [-0.3, -0.25) is 0 Å². The van der Waals surface area contributed by atoms with E-state index in [1.807, 2.05) is 0 Å². The van der Waals surface area contributed by atoms with Gasteiger partial charge in [-0.25, -0.2) is 26.2 Å². The molecule has 0 saturated heterocycles. The smallest absolute Gasteiger partial charge is 0.226 e. The van der Waals surface area contributed by atoms with Crippen LogP contribution in [0.15, 0.2) is 69.5 Å². The van der Waals surface area contributed by atoms with Crippen molar-refractivity contribution in [1.29, 1.82) is 0 Å². The topological polar surface area (TPSA) is 97.0 Å². The average Bonchev–Trinajstić information content (AvgIpc) is 3.02. The van der Waals surface area contributed by atoms with Crippen molar-refractivity contribution in [3.63, 3.8) is 0 Å². The predicted molar refractivity (Wildman–Crippen MR) is 89.0 cm³/mol. The molecule has 0 spiro atoms. The van der Waals surface area contributed by atoms with Gasteiger partial charge in [0.2, 0.25) is 9.84 Å². The standard InChI is InChI=1S/C16H13FN2O4S2/c1-24(20,21)15-16(19-14(18-15)11-5-3-2-4-6-11)25(22,23)13-9-7-12(17)8-10-13/h2-10H,1H3,(H,18,19). The molecule has 0 bridgehead atoms. The van der Waals surface area contributed by atoms with E-state index in [1.54, 1.807) is 30.3 Å². The summed E-state index contributed by atoms with van der Waals surface area (Å²) in [6, 6.07) is 12.6. The lowest BCUT2D eigenvalue weighted by Gasteiger charge is -2.03. The molecule has 0 unspecified atom stereocenters. The molecule has 1 aromatic heterocycles. The number of aromatic nitrogens is 2. The van der Waals surface area contributed by atoms with Crippen LogP contribution in [0.25, 0.3) is 11.4 Å². The molecule has 1 heterocycles. The highest BCUT2D eigenvalue weighted by Crippen LogP contribution is 2.28. The maximum atomic E-state index is 13.1. The van der Waals surface area contributed by atoms with E-state index in [1.165, 1.54) is 0 Å². The monoisotopic (exact) mass is 380 g/mol. The zero-order valence-electron chi connectivity index (χ0n) is 13.0. The number of hydrogen-bond acceptors (Lipinski definition) is 5. The van der Waals surface area contributed by atoms with Crippen LogP contribution in [0.1, 0.15) is 0 Å². The lowest BCUT2D eigenvalue weighted by Crippen LogP contribution is -2.09. The van der Waals surface area contributed by atoms with E-state index in [2.05, 4.69) is 9.97 Å². The normalized spacial score (nSPS) is 12.2. The summed E-state index contributed by atoms with van der Waals surface area (Å²) >= 11 is 0. The molecular weight excluding hydrogens is 367 g/mol. The van der Waals surface area contributed by atoms with Gasteiger partial charge in [0, 0.05) is 11.8 Å². The summed E-state index contributed by atoms with van der Waals surface area (Å²) in [6.07, 6.45) is 0.888. The predicted octanol–water partition coefficient (Wildman–Crippen LogP) is 2.45. The Labute approximate surface area is 144 Å². The molecule has 0 aliphatic heterocycles. The van der Waals surface area contributed by atoms with Crippen molar-refractivity contribution < 1.29 is 21.2 Å². The van der Waals surface area contributed by atoms with Gasteiger partial charge in [-0.05, 0) is 24.3 Å². The minimum atomic E-state index is -4.24. The van der Waals surface area contributed by atoms with Crippen LogP contribution in [0.3, 0.4) is 0 Å². The van der Waals surface area contributed by atoms with Crippen LogP contribution >= 0.6 is 0 Å². The van der Waals surface area contributed by atoms with Crippen molar-refractivity contribution in [2.45, 2.75) is 14.9 Å². The van der Waals surface area contributed by atoms with E-state index in [-0.39, 0.29) is 10.7 Å². The summed E-state index contributed by atoms with van der Waals surface area (Å²) in [7, 11) is -8.14. The van der Waals surface area contributed by atoms with E-state index in [0.717, 1.165) is 30.5 Å². The highest BCUT2D eigenvalue weighted by atomic mass is 32.2. The quantitative estimate of drug-likeness (QED) is 0.701. The summed E-state index contributed by atoms with van der Waals surface area (Å²) in [5, 5.41) is -1.11. The van der Waals surface area contributed by atoms with Gasteiger partial charge in [0.1, 0.15) is 11.6 Å². The van der Waals surface area contributed by atoms with Gasteiger partial charge < -0.3 is 4.98 Å². The third-order valence-electron chi connectivity index (χ3n) is 3.44. The molecule has 3 aromatic rings. The first-order valence-electron chi connectivity index (χ1n) is 7.06. The Morgan fingerprint density at radius 2 is 1.52 bits per heavy atom. The number of nitrogens with zero attached hydrogens (tertiary/aromatic N) is 1. The number of rotatable bonds is 4. The van der Waals surface area contributed by atoms with E-state index >= 15 is 0 Å². The molecule has 1 N–H and O–H groups in total. The first-order valence-corrected chi connectivity index (χ1v) is 10.4. The third kappa shape index (κ3) is 3.33. The molecule has 9 heteroatoms. The second-order valence-corrected chi connectivity index (χ2v) is 9.13. The zero-order valence-corrected chi connectivity index (χ0v) is 14.6. The van der Waals surface area contributed by atoms with Gasteiger partial charge in [0.05, 0.1) is 4.90 Å². The van der Waals surface area contributed by atoms with E-state index in [4.69, 9.17) is 0 Å². The number of sulfone groups is 2. The van der Waals surface area contributed by atoms with Crippen LogP contribution in [-0.2, 0) is 19.7 Å². The van der Waals surface area contributed by atoms with E-state index in [0.29, 0.717) is 5.56 Å². The van der Waals surface area contributed by atoms with Crippen molar-refractivity contribution >= 4 is 19.7 Å². The lowest BCUT2D eigenvalue weighted by atomic mass is 10.2. The summed E-state index contributed by atoms with van der Waals surface area (Å²) < 4.78 is 62.7. The fourth-order valence-electron chi connectivity index (χ4n) is 2.23. The van der Waals surface area contributed by atoms with Gasteiger partial charge in [-0.1, -0.05) is 30.3 Å². The largest absolute Gasteiger partial charge is 0.328 e. The summed E-state index contributed by atoms with van der Waals surface area (Å²) in [4.78, 5) is 6.33. The minimum absolute atomic E-state index is 0.113. The van der Waals surface area contributed by atoms with Crippen molar-refractivity contribution in [3.05, 3.63) is 60.4 Å². The highest BCUT2D eigenvalue weighted by molar-refractivity contribution is 7.94. The summed E-state index contributed by atoms with van der Waals surface area (Å²) in [5.41, 5.74) is 0.535. The number of imidazole rings is 1. The first-order chi connectivity index (χ1) is 11.7. The van der Waals surface area contributed by atoms with Gasteiger partial charge in [-0.15, -0.1) is 0 Å². The van der Waals surface area contributed by atoms with Crippen LogP contribution in [0, 0.1) is 5.82 Å². The Morgan fingerprint density at radius 1 is 0.920 bits per heavy atom. The van der Waals surface area contributed by atoms with Gasteiger partial charge >= 0.3 is 0 Å². The molecule has 0 radical (unpaired) electrons. The highest BCUT2D eigenvalue weighted by Gasteiger charge is 2.31. The molecule has 6 nitrogen and oxygen atoms in total. The molecule has 0 aliphatic rings. The number of nitrogens with one attached hydrogen (secondary N) is 1. The SMILES string of the molecule is CS(=O)(=O)c1[nH]c(-c2ccccc2)nc1S(=O)(=O)c1ccc(F)cc1. The van der Waals surface area contributed by atoms with Crippen LogP contribution in [0.2, 0.25) is 0 Å². The van der Waals surface area contributed by atoms with Crippen LogP contribution in [-0.4, -0.2) is 33.1 Å². The van der Waals surface area contributed by atoms with E-state index in [9.17, 15) is 21.2 Å². The second-order valence-electron chi connectivity index (χ2n) is 5.32. The molecule has 0 amide bonds. The Kier molecular flexibility index (Phi) is 4.21. The molecule has 25 heavy (non-hydrogen) atoms. The molecule has 0 fully saturated rings. The van der Waals surface area contributed by atoms with Crippen LogP contribution < -0.4 is 0 Å². The van der Waals surface area contributed by atoms with Crippen molar-refractivity contribution in [2.75, 3.05) is 6.26 Å². The first kappa shape index (κ1) is 17.3. The summed E-state index contributed by atoms with van der Waals surface area (Å²) in [5.74, 6) is -0.490. The molecule has 130 valence electrons. The number of H-pyrrole nitrogens is 1. The van der Waals surface area contributed by atoms with Gasteiger partial charge in [0.15, 0.2) is 19.9 Å². The third-order valence-corrected chi connectivity index (χ3v) is 6.30. The van der Waals surface area contributed by atoms with E-state index < -0.39 is 35.5 Å². The maximum absolute atomic E-state index is 13.1. The Balaban J connectivity index is 2.24.